The molecule has 1 unspecified atom stereocenters. The van der Waals surface area contributed by atoms with Crippen molar-refractivity contribution >= 4 is 23.2 Å². The van der Waals surface area contributed by atoms with Gasteiger partial charge in [-0.25, -0.2) is 9.78 Å². The number of aromatic nitrogens is 1. The van der Waals surface area contributed by atoms with Gasteiger partial charge in [-0.3, -0.25) is 4.79 Å². The van der Waals surface area contributed by atoms with Crippen LogP contribution < -0.4 is 5.32 Å². The second-order valence-electron chi connectivity index (χ2n) is 3.43. The lowest BCUT2D eigenvalue weighted by molar-refractivity contribution is -0.141. The van der Waals surface area contributed by atoms with E-state index in [0.717, 1.165) is 5.69 Å². The largest absolute Gasteiger partial charge is 0.480 e. The normalized spacial score (nSPS) is 12.1. The molecule has 0 spiro atoms. The number of hydrogen-bond acceptors (Lipinski definition) is 4. The van der Waals surface area contributed by atoms with Crippen LogP contribution in [0.2, 0.25) is 0 Å². The number of carboxylic acids is 1. The Morgan fingerprint density at radius 3 is 2.75 bits per heavy atom. The predicted octanol–water partition coefficient (Wildman–Crippen LogP) is 0.973. The van der Waals surface area contributed by atoms with Crippen LogP contribution in [0.3, 0.4) is 0 Å². The Balaban J connectivity index is 2.50. The highest BCUT2D eigenvalue weighted by Crippen LogP contribution is 2.09. The molecular weight excluding hydrogens is 228 g/mol. The van der Waals surface area contributed by atoms with Gasteiger partial charge < -0.3 is 10.4 Å². The number of thiazole rings is 1. The molecule has 0 saturated heterocycles. The number of carbonyl (C=O) groups excluding carboxylic acids is 1. The Morgan fingerprint density at radius 2 is 2.31 bits per heavy atom. The van der Waals surface area contributed by atoms with E-state index in [0.29, 0.717) is 11.4 Å². The van der Waals surface area contributed by atoms with Crippen molar-refractivity contribution < 1.29 is 14.7 Å². The lowest BCUT2D eigenvalue weighted by atomic mass is 10.2. The van der Waals surface area contributed by atoms with Crippen molar-refractivity contribution in [2.24, 2.45) is 0 Å². The summed E-state index contributed by atoms with van der Waals surface area (Å²) in [4.78, 5) is 26.3. The monoisotopic (exact) mass is 242 g/mol. The molecule has 0 aromatic carbocycles. The number of aliphatic carboxylic acids is 1. The van der Waals surface area contributed by atoms with Crippen LogP contribution in [-0.2, 0) is 16.0 Å². The maximum absolute atomic E-state index is 11.5. The first-order valence-electron chi connectivity index (χ1n) is 4.96. The van der Waals surface area contributed by atoms with E-state index in [-0.39, 0.29) is 12.3 Å². The third-order valence-electron chi connectivity index (χ3n) is 2.02. The number of amides is 1. The first-order chi connectivity index (χ1) is 7.52. The average Bonchev–Trinajstić information content (AvgIpc) is 2.60. The number of rotatable bonds is 5. The molecule has 0 aliphatic heterocycles. The molecule has 5 nitrogen and oxygen atoms in total. The second-order valence-corrected chi connectivity index (χ2v) is 4.37. The van der Waals surface area contributed by atoms with Crippen LogP contribution in [0.25, 0.3) is 0 Å². The average molecular weight is 242 g/mol. The van der Waals surface area contributed by atoms with E-state index in [4.69, 9.17) is 5.11 Å². The molecule has 1 amide bonds. The highest BCUT2D eigenvalue weighted by Gasteiger charge is 2.18. The Hall–Kier alpha value is -1.43. The Morgan fingerprint density at radius 1 is 1.62 bits per heavy atom. The van der Waals surface area contributed by atoms with Gasteiger partial charge in [-0.15, -0.1) is 11.3 Å². The summed E-state index contributed by atoms with van der Waals surface area (Å²) in [5, 5.41) is 13.8. The zero-order chi connectivity index (χ0) is 12.1. The van der Waals surface area contributed by atoms with Gasteiger partial charge in [0, 0.05) is 11.1 Å². The standard InChI is InChI=1S/C10H14N2O3S/c1-3-7(10(14)15)12-8(13)4-9-11-6(2)5-16-9/h5,7H,3-4H2,1-2H3,(H,12,13)(H,14,15). The van der Waals surface area contributed by atoms with Gasteiger partial charge in [0.1, 0.15) is 11.0 Å². The molecule has 1 heterocycles. The van der Waals surface area contributed by atoms with Crippen LogP contribution in [0.15, 0.2) is 5.38 Å². The molecule has 0 radical (unpaired) electrons. The summed E-state index contributed by atoms with van der Waals surface area (Å²) in [5.74, 6) is -1.31. The molecule has 0 saturated carbocycles. The Kier molecular flexibility index (Phi) is 4.42. The number of nitrogens with one attached hydrogen (secondary N) is 1. The number of carbonyl (C=O) groups is 2. The maximum atomic E-state index is 11.5. The molecule has 0 aliphatic rings. The number of nitrogens with zero attached hydrogens (tertiary/aromatic N) is 1. The first kappa shape index (κ1) is 12.6. The van der Waals surface area contributed by atoms with Gasteiger partial charge in [0.25, 0.3) is 0 Å². The second kappa shape index (κ2) is 5.60. The lowest BCUT2D eigenvalue weighted by Gasteiger charge is -2.11. The smallest absolute Gasteiger partial charge is 0.326 e. The zero-order valence-corrected chi connectivity index (χ0v) is 10.0. The third-order valence-corrected chi connectivity index (χ3v) is 2.99. The maximum Gasteiger partial charge on any atom is 0.326 e. The summed E-state index contributed by atoms with van der Waals surface area (Å²) in [5.41, 5.74) is 0.873. The molecule has 88 valence electrons. The molecule has 0 bridgehead atoms. The summed E-state index contributed by atoms with van der Waals surface area (Å²) in [6.07, 6.45) is 0.514. The van der Waals surface area contributed by atoms with Gasteiger partial charge in [0.2, 0.25) is 5.91 Å². The molecule has 2 N–H and O–H groups in total. The van der Waals surface area contributed by atoms with Crippen LogP contribution >= 0.6 is 11.3 Å². The van der Waals surface area contributed by atoms with Crippen LogP contribution in [0, 0.1) is 6.92 Å². The molecule has 6 heteroatoms. The molecule has 1 rings (SSSR count). The fraction of sp³-hybridized carbons (Fsp3) is 0.500. The molecule has 1 aromatic rings. The summed E-state index contributed by atoms with van der Waals surface area (Å²) >= 11 is 1.40. The minimum absolute atomic E-state index is 0.141. The van der Waals surface area contributed by atoms with Crippen molar-refractivity contribution in [2.45, 2.75) is 32.7 Å². The fourth-order valence-electron chi connectivity index (χ4n) is 1.21. The van der Waals surface area contributed by atoms with Crippen LogP contribution in [0.1, 0.15) is 24.0 Å². The molecule has 0 fully saturated rings. The SMILES string of the molecule is CCC(NC(=O)Cc1nc(C)cs1)C(=O)O. The molecular formula is C10H14N2O3S. The minimum Gasteiger partial charge on any atom is -0.480 e. The Labute approximate surface area is 97.5 Å². The van der Waals surface area contributed by atoms with Crippen LogP contribution in [-0.4, -0.2) is 28.0 Å². The first-order valence-corrected chi connectivity index (χ1v) is 5.84. The van der Waals surface area contributed by atoms with E-state index in [9.17, 15) is 9.59 Å². The van der Waals surface area contributed by atoms with E-state index in [2.05, 4.69) is 10.3 Å². The van der Waals surface area contributed by atoms with E-state index >= 15 is 0 Å². The van der Waals surface area contributed by atoms with E-state index < -0.39 is 12.0 Å². The van der Waals surface area contributed by atoms with Crippen molar-refractivity contribution in [3.8, 4) is 0 Å². The van der Waals surface area contributed by atoms with Crippen molar-refractivity contribution in [1.29, 1.82) is 0 Å². The Bertz CT molecular complexity index is 389. The summed E-state index contributed by atoms with van der Waals surface area (Å²) in [7, 11) is 0. The molecule has 1 atom stereocenters. The van der Waals surface area contributed by atoms with Gasteiger partial charge in [-0.05, 0) is 13.3 Å². The van der Waals surface area contributed by atoms with Crippen molar-refractivity contribution in [3.05, 3.63) is 16.1 Å². The van der Waals surface area contributed by atoms with E-state index in [1.165, 1.54) is 11.3 Å². The summed E-state index contributed by atoms with van der Waals surface area (Å²) < 4.78 is 0. The highest BCUT2D eigenvalue weighted by atomic mass is 32.1. The van der Waals surface area contributed by atoms with Crippen LogP contribution in [0.5, 0.6) is 0 Å². The number of hydrogen-bond donors (Lipinski definition) is 2. The summed E-state index contributed by atoms with van der Waals surface area (Å²) in [6.45, 7) is 3.57. The lowest BCUT2D eigenvalue weighted by Crippen LogP contribution is -2.40. The third kappa shape index (κ3) is 3.62. The van der Waals surface area contributed by atoms with Gasteiger partial charge in [-0.1, -0.05) is 6.92 Å². The highest BCUT2D eigenvalue weighted by molar-refractivity contribution is 7.09. The minimum atomic E-state index is -1.01. The predicted molar refractivity (Wildman–Crippen MR) is 60.4 cm³/mol. The topological polar surface area (TPSA) is 79.3 Å². The molecule has 0 aliphatic carbocycles. The van der Waals surface area contributed by atoms with Crippen LogP contribution in [0.4, 0.5) is 0 Å². The van der Waals surface area contributed by atoms with Gasteiger partial charge in [0.05, 0.1) is 6.42 Å². The fourth-order valence-corrected chi connectivity index (χ4v) is 1.98. The van der Waals surface area contributed by atoms with E-state index in [1.807, 2.05) is 12.3 Å². The van der Waals surface area contributed by atoms with E-state index in [1.54, 1.807) is 6.92 Å². The zero-order valence-electron chi connectivity index (χ0n) is 9.19. The quantitative estimate of drug-likeness (QED) is 0.806. The van der Waals surface area contributed by atoms with Crippen molar-refractivity contribution in [1.82, 2.24) is 10.3 Å². The van der Waals surface area contributed by atoms with Crippen molar-refractivity contribution in [3.63, 3.8) is 0 Å². The van der Waals surface area contributed by atoms with Gasteiger partial charge >= 0.3 is 5.97 Å². The molecule has 16 heavy (non-hydrogen) atoms. The van der Waals surface area contributed by atoms with Gasteiger partial charge in [0.15, 0.2) is 0 Å². The molecule has 1 aromatic heterocycles. The van der Waals surface area contributed by atoms with Gasteiger partial charge in [-0.2, -0.15) is 0 Å². The summed E-state index contributed by atoms with van der Waals surface area (Å²) in [6, 6.07) is -0.812. The van der Waals surface area contributed by atoms with Crippen molar-refractivity contribution in [2.75, 3.05) is 0 Å². The number of carboxylic acid groups (broad SMARTS) is 1. The number of aryl methyl sites for hydroxylation is 1.